The number of hydrogen-bond acceptors (Lipinski definition) is 3. The lowest BCUT2D eigenvalue weighted by Gasteiger charge is -2.08. The van der Waals surface area contributed by atoms with Crippen molar-refractivity contribution >= 4 is 11.3 Å². The van der Waals surface area contributed by atoms with Crippen molar-refractivity contribution in [2.24, 2.45) is 0 Å². The standard InChI is InChI=1S/C10H15NOS/c1-8-4-9(7-13-8)5-11-10-2-3-12-6-10/h4,7,10-11H,2-3,5-6H2,1H3. The topological polar surface area (TPSA) is 21.3 Å². The molecule has 0 saturated carbocycles. The van der Waals surface area contributed by atoms with Crippen molar-refractivity contribution in [3.05, 3.63) is 21.9 Å². The van der Waals surface area contributed by atoms with Gasteiger partial charge in [0.15, 0.2) is 0 Å². The Morgan fingerprint density at radius 2 is 2.62 bits per heavy atom. The second kappa shape index (κ2) is 4.22. The van der Waals surface area contributed by atoms with Crippen molar-refractivity contribution in [1.29, 1.82) is 0 Å². The fourth-order valence-corrected chi connectivity index (χ4v) is 2.26. The molecule has 0 aliphatic carbocycles. The lowest BCUT2D eigenvalue weighted by Crippen LogP contribution is -2.28. The molecule has 3 heteroatoms. The first-order chi connectivity index (χ1) is 6.34. The van der Waals surface area contributed by atoms with E-state index in [1.54, 1.807) is 0 Å². The van der Waals surface area contributed by atoms with E-state index in [0.717, 1.165) is 26.2 Å². The molecule has 0 bridgehead atoms. The molecule has 1 aliphatic rings. The van der Waals surface area contributed by atoms with Crippen LogP contribution in [-0.4, -0.2) is 19.3 Å². The number of ether oxygens (including phenoxy) is 1. The highest BCUT2D eigenvalue weighted by atomic mass is 32.1. The molecule has 0 amide bonds. The summed E-state index contributed by atoms with van der Waals surface area (Å²) in [5.74, 6) is 0. The van der Waals surface area contributed by atoms with Crippen molar-refractivity contribution in [1.82, 2.24) is 5.32 Å². The van der Waals surface area contributed by atoms with E-state index < -0.39 is 0 Å². The molecule has 1 N–H and O–H groups in total. The van der Waals surface area contributed by atoms with Gasteiger partial charge in [0.05, 0.1) is 6.61 Å². The maximum absolute atomic E-state index is 5.29. The molecule has 13 heavy (non-hydrogen) atoms. The van der Waals surface area contributed by atoms with E-state index in [4.69, 9.17) is 4.74 Å². The second-order valence-corrected chi connectivity index (χ2v) is 4.62. The summed E-state index contributed by atoms with van der Waals surface area (Å²) in [6.07, 6.45) is 1.16. The maximum atomic E-state index is 5.29. The van der Waals surface area contributed by atoms with E-state index >= 15 is 0 Å². The quantitative estimate of drug-likeness (QED) is 0.799. The smallest absolute Gasteiger partial charge is 0.0620 e. The molecule has 0 radical (unpaired) electrons. The fourth-order valence-electron chi connectivity index (χ4n) is 1.55. The fraction of sp³-hybridized carbons (Fsp3) is 0.600. The Morgan fingerprint density at radius 3 is 3.23 bits per heavy atom. The number of aryl methyl sites for hydroxylation is 1. The first-order valence-electron chi connectivity index (χ1n) is 4.70. The first kappa shape index (κ1) is 9.19. The molecule has 1 aliphatic heterocycles. The number of rotatable bonds is 3. The molecule has 1 aromatic heterocycles. The van der Waals surface area contributed by atoms with Crippen LogP contribution in [0.1, 0.15) is 16.9 Å². The van der Waals surface area contributed by atoms with E-state index in [2.05, 4.69) is 23.7 Å². The van der Waals surface area contributed by atoms with Gasteiger partial charge in [-0.2, -0.15) is 0 Å². The Hall–Kier alpha value is -0.380. The second-order valence-electron chi connectivity index (χ2n) is 3.51. The Morgan fingerprint density at radius 1 is 1.69 bits per heavy atom. The monoisotopic (exact) mass is 197 g/mol. The summed E-state index contributed by atoms with van der Waals surface area (Å²) < 4.78 is 5.29. The molecule has 1 unspecified atom stereocenters. The van der Waals surface area contributed by atoms with Crippen LogP contribution in [0.3, 0.4) is 0 Å². The van der Waals surface area contributed by atoms with Gasteiger partial charge in [-0.05, 0) is 30.4 Å². The predicted molar refractivity (Wildman–Crippen MR) is 55.1 cm³/mol. The molecule has 2 nitrogen and oxygen atoms in total. The minimum Gasteiger partial charge on any atom is -0.380 e. The summed E-state index contributed by atoms with van der Waals surface area (Å²) >= 11 is 1.82. The normalized spacial score (nSPS) is 22.4. The first-order valence-corrected chi connectivity index (χ1v) is 5.58. The van der Waals surface area contributed by atoms with Crippen LogP contribution >= 0.6 is 11.3 Å². The Labute approximate surface area is 82.9 Å². The van der Waals surface area contributed by atoms with Gasteiger partial charge in [0, 0.05) is 24.1 Å². The van der Waals surface area contributed by atoms with Gasteiger partial charge in [-0.25, -0.2) is 0 Å². The van der Waals surface area contributed by atoms with Crippen LogP contribution in [0.2, 0.25) is 0 Å². The number of hydrogen-bond donors (Lipinski definition) is 1. The van der Waals surface area contributed by atoms with Gasteiger partial charge in [-0.15, -0.1) is 11.3 Å². The largest absolute Gasteiger partial charge is 0.380 e. The minimum absolute atomic E-state index is 0.570. The summed E-state index contributed by atoms with van der Waals surface area (Å²) in [5, 5.41) is 5.71. The highest BCUT2D eigenvalue weighted by Gasteiger charge is 2.14. The van der Waals surface area contributed by atoms with Gasteiger partial charge in [0.2, 0.25) is 0 Å². The van der Waals surface area contributed by atoms with Crippen molar-refractivity contribution in [2.45, 2.75) is 25.9 Å². The Balaban J connectivity index is 1.78. The zero-order chi connectivity index (χ0) is 9.10. The van der Waals surface area contributed by atoms with Gasteiger partial charge in [0.25, 0.3) is 0 Å². The average molecular weight is 197 g/mol. The number of nitrogens with one attached hydrogen (secondary N) is 1. The van der Waals surface area contributed by atoms with E-state index in [1.807, 2.05) is 11.3 Å². The maximum Gasteiger partial charge on any atom is 0.0620 e. The zero-order valence-electron chi connectivity index (χ0n) is 7.88. The molecule has 1 fully saturated rings. The molecule has 1 atom stereocenters. The third-order valence-electron chi connectivity index (χ3n) is 2.31. The summed E-state index contributed by atoms with van der Waals surface area (Å²) in [6.45, 7) is 4.93. The van der Waals surface area contributed by atoms with Gasteiger partial charge < -0.3 is 10.1 Å². The highest BCUT2D eigenvalue weighted by molar-refractivity contribution is 7.10. The molecule has 0 aromatic carbocycles. The SMILES string of the molecule is Cc1cc(CNC2CCOC2)cs1. The van der Waals surface area contributed by atoms with E-state index in [0.29, 0.717) is 6.04 Å². The summed E-state index contributed by atoms with van der Waals surface area (Å²) in [6, 6.07) is 2.81. The van der Waals surface area contributed by atoms with Crippen LogP contribution in [0.15, 0.2) is 11.4 Å². The Kier molecular flexibility index (Phi) is 2.98. The lowest BCUT2D eigenvalue weighted by atomic mass is 10.2. The van der Waals surface area contributed by atoms with Crippen LogP contribution in [0, 0.1) is 6.92 Å². The third kappa shape index (κ3) is 2.53. The van der Waals surface area contributed by atoms with Crippen LogP contribution in [0.25, 0.3) is 0 Å². The summed E-state index contributed by atoms with van der Waals surface area (Å²) in [4.78, 5) is 1.39. The molecule has 1 saturated heterocycles. The van der Waals surface area contributed by atoms with Crippen LogP contribution in [0.4, 0.5) is 0 Å². The lowest BCUT2D eigenvalue weighted by molar-refractivity contribution is 0.190. The van der Waals surface area contributed by atoms with Gasteiger partial charge in [-0.1, -0.05) is 0 Å². The Bertz CT molecular complexity index is 266. The van der Waals surface area contributed by atoms with Crippen molar-refractivity contribution in [2.75, 3.05) is 13.2 Å². The van der Waals surface area contributed by atoms with Gasteiger partial charge in [0.1, 0.15) is 0 Å². The third-order valence-corrected chi connectivity index (χ3v) is 3.22. The highest BCUT2D eigenvalue weighted by Crippen LogP contribution is 2.13. The number of thiophene rings is 1. The van der Waals surface area contributed by atoms with Crippen LogP contribution < -0.4 is 5.32 Å². The molecule has 2 heterocycles. The van der Waals surface area contributed by atoms with E-state index in [1.165, 1.54) is 10.4 Å². The van der Waals surface area contributed by atoms with Crippen molar-refractivity contribution < 1.29 is 4.74 Å². The molecule has 2 rings (SSSR count). The average Bonchev–Trinajstić information content (AvgIpc) is 2.71. The van der Waals surface area contributed by atoms with Crippen LogP contribution in [-0.2, 0) is 11.3 Å². The van der Waals surface area contributed by atoms with E-state index in [9.17, 15) is 0 Å². The van der Waals surface area contributed by atoms with Crippen molar-refractivity contribution in [3.8, 4) is 0 Å². The summed E-state index contributed by atoms with van der Waals surface area (Å²) in [7, 11) is 0. The molecular formula is C10H15NOS. The molecule has 1 aromatic rings. The molecule has 72 valence electrons. The zero-order valence-corrected chi connectivity index (χ0v) is 8.69. The van der Waals surface area contributed by atoms with Crippen LogP contribution in [0.5, 0.6) is 0 Å². The van der Waals surface area contributed by atoms with Crippen molar-refractivity contribution in [3.63, 3.8) is 0 Å². The van der Waals surface area contributed by atoms with Gasteiger partial charge in [-0.3, -0.25) is 0 Å². The predicted octanol–water partition coefficient (Wildman–Crippen LogP) is 1.94. The van der Waals surface area contributed by atoms with E-state index in [-0.39, 0.29) is 0 Å². The summed E-state index contributed by atoms with van der Waals surface area (Å²) in [5.41, 5.74) is 1.40. The van der Waals surface area contributed by atoms with Gasteiger partial charge >= 0.3 is 0 Å². The molecule has 0 spiro atoms. The minimum atomic E-state index is 0.570. The molecular weight excluding hydrogens is 182 g/mol.